The van der Waals surface area contributed by atoms with Gasteiger partial charge < -0.3 is 5.32 Å². The fraction of sp³-hybridized carbons (Fsp3) is 0.462. The van der Waals surface area contributed by atoms with Gasteiger partial charge in [0.05, 0.1) is 5.56 Å². The molecule has 1 N–H and O–H groups in total. The molecular formula is C13H17BrFNO. The molecule has 0 fully saturated rings. The Morgan fingerprint density at radius 2 is 2.00 bits per heavy atom. The second kappa shape index (κ2) is 5.17. The van der Waals surface area contributed by atoms with Crippen molar-refractivity contribution in [2.24, 2.45) is 5.41 Å². The molecular weight excluding hydrogens is 285 g/mol. The van der Waals surface area contributed by atoms with Crippen molar-refractivity contribution in [2.75, 3.05) is 0 Å². The van der Waals surface area contributed by atoms with E-state index in [1.165, 1.54) is 6.07 Å². The van der Waals surface area contributed by atoms with E-state index in [0.717, 1.165) is 0 Å². The van der Waals surface area contributed by atoms with Crippen LogP contribution in [0.4, 0.5) is 4.39 Å². The molecule has 0 heterocycles. The number of carbonyl (C=O) groups excluding carboxylic acids is 1. The molecule has 1 unspecified atom stereocenters. The molecule has 0 radical (unpaired) electrons. The number of halogens is 2. The largest absolute Gasteiger partial charge is 0.349 e. The molecule has 0 aliphatic heterocycles. The van der Waals surface area contributed by atoms with Gasteiger partial charge in [-0.1, -0.05) is 26.8 Å². The molecule has 0 aromatic heterocycles. The van der Waals surface area contributed by atoms with E-state index < -0.39 is 11.7 Å². The molecule has 17 heavy (non-hydrogen) atoms. The maximum atomic E-state index is 13.6. The van der Waals surface area contributed by atoms with Crippen LogP contribution in [0, 0.1) is 11.2 Å². The van der Waals surface area contributed by atoms with Gasteiger partial charge in [-0.2, -0.15) is 0 Å². The maximum Gasteiger partial charge on any atom is 0.255 e. The van der Waals surface area contributed by atoms with Crippen molar-refractivity contribution in [3.8, 4) is 0 Å². The zero-order valence-corrected chi connectivity index (χ0v) is 12.1. The number of rotatable bonds is 2. The molecule has 0 aliphatic rings. The van der Waals surface area contributed by atoms with Gasteiger partial charge >= 0.3 is 0 Å². The molecule has 94 valence electrons. The van der Waals surface area contributed by atoms with E-state index >= 15 is 0 Å². The lowest BCUT2D eigenvalue weighted by atomic mass is 9.88. The van der Waals surface area contributed by atoms with Crippen LogP contribution in [0.2, 0.25) is 0 Å². The Balaban J connectivity index is 2.92. The Morgan fingerprint density at radius 1 is 1.41 bits per heavy atom. The second-order valence-corrected chi connectivity index (χ2v) is 6.01. The fourth-order valence-corrected chi connectivity index (χ4v) is 1.72. The Bertz CT molecular complexity index is 406. The zero-order chi connectivity index (χ0) is 13.2. The summed E-state index contributed by atoms with van der Waals surface area (Å²) in [6, 6.07) is 4.45. The summed E-state index contributed by atoms with van der Waals surface area (Å²) in [5.41, 5.74) is -0.00322. The molecule has 0 spiro atoms. The third kappa shape index (κ3) is 3.53. The van der Waals surface area contributed by atoms with Gasteiger partial charge in [-0.3, -0.25) is 4.79 Å². The maximum absolute atomic E-state index is 13.6. The molecule has 2 nitrogen and oxygen atoms in total. The fourth-order valence-electron chi connectivity index (χ4n) is 1.20. The Hall–Kier alpha value is -0.900. The van der Waals surface area contributed by atoms with Crippen LogP contribution in [0.1, 0.15) is 38.1 Å². The van der Waals surface area contributed by atoms with Gasteiger partial charge in [0, 0.05) is 10.5 Å². The van der Waals surface area contributed by atoms with Gasteiger partial charge in [0.2, 0.25) is 0 Å². The molecule has 1 aromatic rings. The molecule has 1 rings (SSSR count). The first-order chi connectivity index (χ1) is 7.73. The zero-order valence-electron chi connectivity index (χ0n) is 10.5. The SMILES string of the molecule is CC(NC(=O)c1c(F)cccc1Br)C(C)(C)C. The van der Waals surface area contributed by atoms with Crippen LogP contribution >= 0.6 is 15.9 Å². The first-order valence-electron chi connectivity index (χ1n) is 5.48. The number of hydrogen-bond acceptors (Lipinski definition) is 1. The Labute approximate surface area is 110 Å². The highest BCUT2D eigenvalue weighted by Crippen LogP contribution is 2.22. The highest BCUT2D eigenvalue weighted by molar-refractivity contribution is 9.10. The minimum atomic E-state index is -0.516. The summed E-state index contributed by atoms with van der Waals surface area (Å²) in [7, 11) is 0. The average molecular weight is 302 g/mol. The number of benzene rings is 1. The minimum absolute atomic E-state index is 0.0403. The Morgan fingerprint density at radius 3 is 2.47 bits per heavy atom. The summed E-state index contributed by atoms with van der Waals surface area (Å²) >= 11 is 3.19. The van der Waals surface area contributed by atoms with E-state index in [0.29, 0.717) is 4.47 Å². The topological polar surface area (TPSA) is 29.1 Å². The van der Waals surface area contributed by atoms with E-state index in [1.807, 2.05) is 27.7 Å². The molecule has 1 atom stereocenters. The predicted octanol–water partition coefficient (Wildman–Crippen LogP) is 3.75. The van der Waals surface area contributed by atoms with E-state index in [1.54, 1.807) is 12.1 Å². The van der Waals surface area contributed by atoms with Crippen molar-refractivity contribution >= 4 is 21.8 Å². The van der Waals surface area contributed by atoms with Crippen LogP contribution in [0.5, 0.6) is 0 Å². The summed E-state index contributed by atoms with van der Waals surface area (Å²) in [6.07, 6.45) is 0. The van der Waals surface area contributed by atoms with Gasteiger partial charge in [0.25, 0.3) is 5.91 Å². The lowest BCUT2D eigenvalue weighted by Crippen LogP contribution is -2.41. The minimum Gasteiger partial charge on any atom is -0.349 e. The van der Waals surface area contributed by atoms with Crippen molar-refractivity contribution in [3.05, 3.63) is 34.1 Å². The van der Waals surface area contributed by atoms with E-state index in [2.05, 4.69) is 21.2 Å². The van der Waals surface area contributed by atoms with Crippen LogP contribution < -0.4 is 5.32 Å². The van der Waals surface area contributed by atoms with Crippen molar-refractivity contribution in [2.45, 2.75) is 33.7 Å². The van der Waals surface area contributed by atoms with Gasteiger partial charge in [-0.05, 0) is 40.4 Å². The van der Waals surface area contributed by atoms with Crippen molar-refractivity contribution in [1.29, 1.82) is 0 Å². The highest BCUT2D eigenvalue weighted by Gasteiger charge is 2.24. The van der Waals surface area contributed by atoms with Gasteiger partial charge in [0.15, 0.2) is 0 Å². The molecule has 1 aromatic carbocycles. The average Bonchev–Trinajstić information content (AvgIpc) is 2.15. The standard InChI is InChI=1S/C13H17BrFNO/c1-8(13(2,3)4)16-12(17)11-9(14)6-5-7-10(11)15/h5-8H,1-4H3,(H,16,17). The number of hydrogen-bond donors (Lipinski definition) is 1. The first-order valence-corrected chi connectivity index (χ1v) is 6.27. The molecule has 1 amide bonds. The summed E-state index contributed by atoms with van der Waals surface area (Å²) in [4.78, 5) is 12.0. The first kappa shape index (κ1) is 14.2. The van der Waals surface area contributed by atoms with Crippen molar-refractivity contribution in [3.63, 3.8) is 0 Å². The molecule has 0 aliphatic carbocycles. The lowest BCUT2D eigenvalue weighted by molar-refractivity contribution is 0.0905. The van der Waals surface area contributed by atoms with Gasteiger partial charge in [-0.25, -0.2) is 4.39 Å². The summed E-state index contributed by atoms with van der Waals surface area (Å²) in [6.45, 7) is 7.98. The monoisotopic (exact) mass is 301 g/mol. The van der Waals surface area contributed by atoms with E-state index in [9.17, 15) is 9.18 Å². The Kier molecular flexibility index (Phi) is 4.31. The lowest BCUT2D eigenvalue weighted by Gasteiger charge is -2.28. The summed E-state index contributed by atoms with van der Waals surface area (Å²) < 4.78 is 14.0. The molecule has 0 saturated carbocycles. The van der Waals surface area contributed by atoms with Gasteiger partial charge in [0.1, 0.15) is 5.82 Å². The van der Waals surface area contributed by atoms with Crippen LogP contribution in [-0.2, 0) is 0 Å². The molecule has 0 bridgehead atoms. The predicted molar refractivity (Wildman–Crippen MR) is 70.5 cm³/mol. The molecule has 0 saturated heterocycles. The molecule has 4 heteroatoms. The third-order valence-corrected chi connectivity index (χ3v) is 3.50. The summed E-state index contributed by atoms with van der Waals surface area (Å²) in [5, 5.41) is 2.81. The third-order valence-electron chi connectivity index (χ3n) is 2.84. The van der Waals surface area contributed by atoms with Crippen LogP contribution in [-0.4, -0.2) is 11.9 Å². The van der Waals surface area contributed by atoms with Crippen LogP contribution in [0.3, 0.4) is 0 Å². The van der Waals surface area contributed by atoms with Crippen molar-refractivity contribution in [1.82, 2.24) is 5.32 Å². The quantitative estimate of drug-likeness (QED) is 0.885. The second-order valence-electron chi connectivity index (χ2n) is 5.16. The number of amides is 1. The smallest absolute Gasteiger partial charge is 0.255 e. The number of carbonyl (C=O) groups is 1. The van der Waals surface area contributed by atoms with Crippen LogP contribution in [0.15, 0.2) is 22.7 Å². The van der Waals surface area contributed by atoms with Crippen LogP contribution in [0.25, 0.3) is 0 Å². The normalized spacial score (nSPS) is 13.3. The van der Waals surface area contributed by atoms with E-state index in [4.69, 9.17) is 0 Å². The highest BCUT2D eigenvalue weighted by atomic mass is 79.9. The summed E-state index contributed by atoms with van der Waals surface area (Å²) in [5.74, 6) is -0.907. The van der Waals surface area contributed by atoms with Crippen molar-refractivity contribution < 1.29 is 9.18 Å². The van der Waals surface area contributed by atoms with E-state index in [-0.39, 0.29) is 17.0 Å². The van der Waals surface area contributed by atoms with Gasteiger partial charge in [-0.15, -0.1) is 0 Å². The number of nitrogens with one attached hydrogen (secondary N) is 1.